The van der Waals surface area contributed by atoms with E-state index in [0.717, 1.165) is 6.42 Å². The molecule has 5 heteroatoms. The summed E-state index contributed by atoms with van der Waals surface area (Å²) >= 11 is 0. The third kappa shape index (κ3) is 1.74. The molecule has 1 aromatic heterocycles. The Morgan fingerprint density at radius 3 is 2.72 bits per heavy atom. The fourth-order valence-electron chi connectivity index (χ4n) is 2.44. The van der Waals surface area contributed by atoms with Gasteiger partial charge in [-0.2, -0.15) is 0 Å². The SMILES string of the molecule is CCCC(=O)N1C(=O)c2c(noc2C)[C@@H]1C(C)C. The van der Waals surface area contributed by atoms with Crippen molar-refractivity contribution in [2.45, 2.75) is 46.6 Å². The average Bonchev–Trinajstić information content (AvgIpc) is 2.79. The molecule has 2 heterocycles. The van der Waals surface area contributed by atoms with Crippen LogP contribution in [0.1, 0.15) is 61.5 Å². The van der Waals surface area contributed by atoms with E-state index in [9.17, 15) is 9.59 Å². The molecular weight excluding hydrogens is 232 g/mol. The Morgan fingerprint density at radius 2 is 2.17 bits per heavy atom. The van der Waals surface area contributed by atoms with Gasteiger partial charge in [-0.1, -0.05) is 25.9 Å². The molecular formula is C13H18N2O3. The molecule has 0 saturated carbocycles. The van der Waals surface area contributed by atoms with E-state index in [-0.39, 0.29) is 23.8 Å². The molecule has 1 aromatic rings. The van der Waals surface area contributed by atoms with Crippen molar-refractivity contribution in [2.75, 3.05) is 0 Å². The standard InChI is InChI=1S/C13H18N2O3/c1-5-6-9(16)15-12(7(2)3)11-10(13(15)17)8(4)18-14-11/h7,12H,5-6H2,1-4H3/t12-/m0/s1. The van der Waals surface area contributed by atoms with Gasteiger partial charge in [0, 0.05) is 6.42 Å². The normalized spacial score (nSPS) is 18.6. The fraction of sp³-hybridized carbons (Fsp3) is 0.615. The van der Waals surface area contributed by atoms with Gasteiger partial charge >= 0.3 is 0 Å². The lowest BCUT2D eigenvalue weighted by molar-refractivity contribution is -0.131. The van der Waals surface area contributed by atoms with Gasteiger partial charge in [0.25, 0.3) is 5.91 Å². The highest BCUT2D eigenvalue weighted by molar-refractivity contribution is 6.09. The number of fused-ring (bicyclic) bond motifs is 1. The van der Waals surface area contributed by atoms with Crippen LogP contribution in [-0.4, -0.2) is 21.9 Å². The van der Waals surface area contributed by atoms with E-state index in [1.165, 1.54) is 4.90 Å². The number of carbonyl (C=O) groups excluding carboxylic acids is 2. The van der Waals surface area contributed by atoms with E-state index in [4.69, 9.17) is 4.52 Å². The van der Waals surface area contributed by atoms with Crippen LogP contribution in [0.3, 0.4) is 0 Å². The molecule has 0 unspecified atom stereocenters. The first-order valence-corrected chi connectivity index (χ1v) is 6.31. The minimum atomic E-state index is -0.288. The van der Waals surface area contributed by atoms with Crippen molar-refractivity contribution >= 4 is 11.8 Å². The number of hydrogen-bond acceptors (Lipinski definition) is 4. The van der Waals surface area contributed by atoms with E-state index >= 15 is 0 Å². The zero-order valence-electron chi connectivity index (χ0n) is 11.2. The maximum absolute atomic E-state index is 12.3. The molecule has 18 heavy (non-hydrogen) atoms. The summed E-state index contributed by atoms with van der Waals surface area (Å²) < 4.78 is 5.07. The Hall–Kier alpha value is -1.65. The van der Waals surface area contributed by atoms with Gasteiger partial charge in [0.05, 0.1) is 6.04 Å². The maximum atomic E-state index is 12.3. The third-order valence-electron chi connectivity index (χ3n) is 3.24. The molecule has 5 nitrogen and oxygen atoms in total. The summed E-state index contributed by atoms with van der Waals surface area (Å²) in [6, 6.07) is -0.288. The van der Waals surface area contributed by atoms with Gasteiger partial charge < -0.3 is 4.52 Å². The van der Waals surface area contributed by atoms with Gasteiger partial charge in [-0.25, -0.2) is 0 Å². The van der Waals surface area contributed by atoms with Crippen LogP contribution in [0.2, 0.25) is 0 Å². The Morgan fingerprint density at radius 1 is 1.50 bits per heavy atom. The van der Waals surface area contributed by atoms with Gasteiger partial charge in [0.2, 0.25) is 5.91 Å². The fourth-order valence-corrected chi connectivity index (χ4v) is 2.44. The number of hydrogen-bond donors (Lipinski definition) is 0. The minimum absolute atomic E-state index is 0.125. The molecule has 0 N–H and O–H groups in total. The first-order chi connectivity index (χ1) is 8.49. The van der Waals surface area contributed by atoms with Crippen molar-refractivity contribution in [1.29, 1.82) is 0 Å². The van der Waals surface area contributed by atoms with E-state index in [1.54, 1.807) is 6.92 Å². The smallest absolute Gasteiger partial charge is 0.266 e. The summed E-state index contributed by atoms with van der Waals surface area (Å²) in [5.74, 6) is 0.229. The molecule has 98 valence electrons. The van der Waals surface area contributed by atoms with Crippen LogP contribution < -0.4 is 0 Å². The highest BCUT2D eigenvalue weighted by Crippen LogP contribution is 2.39. The molecule has 1 atom stereocenters. The first-order valence-electron chi connectivity index (χ1n) is 6.31. The predicted molar refractivity (Wildman–Crippen MR) is 64.9 cm³/mol. The van der Waals surface area contributed by atoms with Crippen LogP contribution >= 0.6 is 0 Å². The zero-order valence-corrected chi connectivity index (χ0v) is 11.2. The van der Waals surface area contributed by atoms with Crippen molar-refractivity contribution in [2.24, 2.45) is 5.92 Å². The number of aryl methyl sites for hydroxylation is 1. The summed E-state index contributed by atoms with van der Waals surface area (Å²) in [7, 11) is 0. The van der Waals surface area contributed by atoms with Gasteiger partial charge in [-0.3, -0.25) is 14.5 Å². The van der Waals surface area contributed by atoms with Crippen molar-refractivity contribution in [3.8, 4) is 0 Å². The molecule has 0 aliphatic carbocycles. The largest absolute Gasteiger partial charge is 0.360 e. The lowest BCUT2D eigenvalue weighted by Gasteiger charge is -2.25. The van der Waals surface area contributed by atoms with Crippen LogP contribution in [0.25, 0.3) is 0 Å². The van der Waals surface area contributed by atoms with Crippen LogP contribution in [0.5, 0.6) is 0 Å². The molecule has 0 saturated heterocycles. The highest BCUT2D eigenvalue weighted by atomic mass is 16.5. The molecule has 0 aromatic carbocycles. The first kappa shape index (κ1) is 12.8. The lowest BCUT2D eigenvalue weighted by atomic mass is 10.0. The molecule has 1 aliphatic heterocycles. The summed E-state index contributed by atoms with van der Waals surface area (Å²) in [4.78, 5) is 25.8. The van der Waals surface area contributed by atoms with E-state index in [0.29, 0.717) is 23.4 Å². The Kier molecular flexibility index (Phi) is 3.24. The summed E-state index contributed by atoms with van der Waals surface area (Å²) in [5.41, 5.74) is 1.08. The molecule has 2 rings (SSSR count). The Bertz CT molecular complexity index is 490. The zero-order chi connectivity index (χ0) is 13.4. The quantitative estimate of drug-likeness (QED) is 0.826. The summed E-state index contributed by atoms with van der Waals surface area (Å²) in [6.07, 6.45) is 1.11. The number of aromatic nitrogens is 1. The van der Waals surface area contributed by atoms with Crippen molar-refractivity contribution in [3.05, 3.63) is 17.0 Å². The number of amides is 2. The van der Waals surface area contributed by atoms with Gasteiger partial charge in [-0.05, 0) is 19.3 Å². The lowest BCUT2D eigenvalue weighted by Crippen LogP contribution is -2.36. The number of imide groups is 1. The second-order valence-corrected chi connectivity index (χ2v) is 5.01. The Balaban J connectivity index is 2.44. The van der Waals surface area contributed by atoms with Gasteiger partial charge in [0.15, 0.2) is 0 Å². The van der Waals surface area contributed by atoms with Gasteiger partial charge in [-0.15, -0.1) is 0 Å². The van der Waals surface area contributed by atoms with E-state index in [1.807, 2.05) is 20.8 Å². The van der Waals surface area contributed by atoms with Crippen molar-refractivity contribution in [3.63, 3.8) is 0 Å². The molecule has 1 aliphatic rings. The predicted octanol–water partition coefficient (Wildman–Crippen LogP) is 2.46. The van der Waals surface area contributed by atoms with Crippen molar-refractivity contribution in [1.82, 2.24) is 10.1 Å². The van der Waals surface area contributed by atoms with E-state index in [2.05, 4.69) is 5.16 Å². The third-order valence-corrected chi connectivity index (χ3v) is 3.24. The molecule has 0 fully saturated rings. The van der Waals surface area contributed by atoms with Crippen LogP contribution in [-0.2, 0) is 4.79 Å². The number of nitrogens with zero attached hydrogens (tertiary/aromatic N) is 2. The summed E-state index contributed by atoms with van der Waals surface area (Å²) in [5, 5.41) is 3.95. The average molecular weight is 250 g/mol. The molecule has 0 bridgehead atoms. The number of rotatable bonds is 3. The van der Waals surface area contributed by atoms with Gasteiger partial charge in [0.1, 0.15) is 17.0 Å². The maximum Gasteiger partial charge on any atom is 0.266 e. The second-order valence-electron chi connectivity index (χ2n) is 5.01. The topological polar surface area (TPSA) is 63.4 Å². The van der Waals surface area contributed by atoms with Crippen LogP contribution in [0.15, 0.2) is 4.52 Å². The second kappa shape index (κ2) is 4.55. The summed E-state index contributed by atoms with van der Waals surface area (Å²) in [6.45, 7) is 7.58. The van der Waals surface area contributed by atoms with Crippen LogP contribution in [0.4, 0.5) is 0 Å². The van der Waals surface area contributed by atoms with Crippen LogP contribution in [0, 0.1) is 12.8 Å². The number of carbonyl (C=O) groups is 2. The van der Waals surface area contributed by atoms with E-state index < -0.39 is 0 Å². The molecule has 0 spiro atoms. The highest BCUT2D eigenvalue weighted by Gasteiger charge is 2.45. The Labute approximate surface area is 106 Å². The monoisotopic (exact) mass is 250 g/mol. The van der Waals surface area contributed by atoms with Crippen molar-refractivity contribution < 1.29 is 14.1 Å². The minimum Gasteiger partial charge on any atom is -0.360 e. The molecule has 0 radical (unpaired) electrons. The molecule has 2 amide bonds.